The highest BCUT2D eigenvalue weighted by molar-refractivity contribution is 6.29. The number of halogens is 1. The molecule has 6 heteroatoms. The van der Waals surface area contributed by atoms with Crippen molar-refractivity contribution in [1.29, 1.82) is 0 Å². The largest absolute Gasteiger partial charge is 0.398 e. The Labute approximate surface area is 115 Å². The molecule has 5 nitrogen and oxygen atoms in total. The van der Waals surface area contributed by atoms with Gasteiger partial charge in [-0.1, -0.05) is 17.7 Å². The molecular formula is C13H13ClN4O. The molecule has 0 atom stereocenters. The molecule has 0 unspecified atom stereocenters. The van der Waals surface area contributed by atoms with E-state index in [1.54, 1.807) is 6.07 Å². The maximum Gasteiger partial charge on any atom is 0.257 e. The molecule has 3 N–H and O–H groups in total. The fraction of sp³-hybridized carbons (Fsp3) is 0.154. The van der Waals surface area contributed by atoms with Gasteiger partial charge in [-0.05, 0) is 31.0 Å². The van der Waals surface area contributed by atoms with Gasteiger partial charge in [0.25, 0.3) is 5.91 Å². The van der Waals surface area contributed by atoms with Crippen LogP contribution in [0.25, 0.3) is 0 Å². The molecule has 2 rings (SSSR count). The summed E-state index contributed by atoms with van der Waals surface area (Å²) in [5, 5.41) is 2.93. The van der Waals surface area contributed by atoms with E-state index in [9.17, 15) is 4.79 Å². The Bertz CT molecular complexity index is 643. The van der Waals surface area contributed by atoms with Crippen LogP contribution in [0.15, 0.2) is 24.5 Å². The van der Waals surface area contributed by atoms with E-state index in [0.29, 0.717) is 17.1 Å². The van der Waals surface area contributed by atoms with E-state index in [4.69, 9.17) is 17.3 Å². The molecule has 0 fully saturated rings. The summed E-state index contributed by atoms with van der Waals surface area (Å²) in [5.74, 6) is 0.0718. The Morgan fingerprint density at radius 2 is 1.95 bits per heavy atom. The third kappa shape index (κ3) is 3.00. The van der Waals surface area contributed by atoms with Crippen molar-refractivity contribution in [2.75, 3.05) is 11.1 Å². The minimum atomic E-state index is -0.279. The summed E-state index contributed by atoms with van der Waals surface area (Å²) in [6.45, 7) is 3.75. The van der Waals surface area contributed by atoms with Gasteiger partial charge in [0.2, 0.25) is 0 Å². The van der Waals surface area contributed by atoms with Gasteiger partial charge in [-0.25, -0.2) is 9.97 Å². The zero-order valence-electron chi connectivity index (χ0n) is 10.6. The Kier molecular flexibility index (Phi) is 3.66. The van der Waals surface area contributed by atoms with Crippen molar-refractivity contribution in [3.63, 3.8) is 0 Å². The summed E-state index contributed by atoms with van der Waals surface area (Å²) in [6.07, 6.45) is 1.29. The predicted octanol–water partition coefficient (Wildman–Crippen LogP) is 2.58. The van der Waals surface area contributed by atoms with Gasteiger partial charge in [-0.15, -0.1) is 0 Å². The van der Waals surface area contributed by atoms with Crippen LogP contribution in [0.2, 0.25) is 5.15 Å². The molecule has 1 aromatic heterocycles. The molecule has 0 saturated heterocycles. The fourth-order valence-electron chi connectivity index (χ4n) is 1.70. The second-order valence-electron chi connectivity index (χ2n) is 4.20. The van der Waals surface area contributed by atoms with Crippen molar-refractivity contribution in [1.82, 2.24) is 9.97 Å². The summed E-state index contributed by atoms with van der Waals surface area (Å²) < 4.78 is 0. The molecule has 1 amide bonds. The number of hydrogen-bond acceptors (Lipinski definition) is 4. The van der Waals surface area contributed by atoms with Crippen LogP contribution < -0.4 is 11.1 Å². The smallest absolute Gasteiger partial charge is 0.257 e. The fourth-order valence-corrected chi connectivity index (χ4v) is 1.85. The molecule has 2 aromatic rings. The highest BCUT2D eigenvalue weighted by Gasteiger charge is 2.12. The van der Waals surface area contributed by atoms with Crippen LogP contribution in [-0.4, -0.2) is 15.9 Å². The number of benzene rings is 1. The van der Waals surface area contributed by atoms with Crippen LogP contribution in [0.3, 0.4) is 0 Å². The number of carbonyl (C=O) groups excluding carboxylic acids is 1. The number of aromatic nitrogens is 2. The molecule has 1 aromatic carbocycles. The van der Waals surface area contributed by atoms with E-state index in [1.807, 2.05) is 19.9 Å². The molecule has 0 bridgehead atoms. The van der Waals surface area contributed by atoms with Crippen molar-refractivity contribution in [3.8, 4) is 0 Å². The minimum Gasteiger partial charge on any atom is -0.398 e. The van der Waals surface area contributed by atoms with Crippen LogP contribution in [-0.2, 0) is 0 Å². The van der Waals surface area contributed by atoms with E-state index in [1.165, 1.54) is 12.4 Å². The van der Waals surface area contributed by atoms with E-state index in [0.717, 1.165) is 11.1 Å². The van der Waals surface area contributed by atoms with Gasteiger partial charge in [-0.3, -0.25) is 4.79 Å². The Hall–Kier alpha value is -2.14. The van der Waals surface area contributed by atoms with Gasteiger partial charge in [0, 0.05) is 17.3 Å². The van der Waals surface area contributed by atoms with Gasteiger partial charge in [0.15, 0.2) is 0 Å². The Morgan fingerprint density at radius 3 is 2.63 bits per heavy atom. The first-order valence-corrected chi connectivity index (χ1v) is 6.01. The lowest BCUT2D eigenvalue weighted by Crippen LogP contribution is -2.15. The first-order chi connectivity index (χ1) is 8.97. The first kappa shape index (κ1) is 13.3. The monoisotopic (exact) mass is 276 g/mol. The van der Waals surface area contributed by atoms with Crippen molar-refractivity contribution >= 4 is 29.0 Å². The maximum absolute atomic E-state index is 12.1. The molecule has 0 aliphatic carbocycles. The van der Waals surface area contributed by atoms with Crippen LogP contribution in [0, 0.1) is 13.8 Å². The second-order valence-corrected chi connectivity index (χ2v) is 4.59. The SMILES string of the molecule is Cc1cc(C)c(C(=O)Nc2cc(Cl)ncn2)cc1N. The quantitative estimate of drug-likeness (QED) is 0.652. The molecule has 0 spiro atoms. The number of nitrogens with one attached hydrogen (secondary N) is 1. The lowest BCUT2D eigenvalue weighted by Gasteiger charge is -2.09. The van der Waals surface area contributed by atoms with Gasteiger partial charge < -0.3 is 11.1 Å². The number of carbonyl (C=O) groups is 1. The van der Waals surface area contributed by atoms with Crippen LogP contribution >= 0.6 is 11.6 Å². The van der Waals surface area contributed by atoms with E-state index >= 15 is 0 Å². The number of anilines is 2. The van der Waals surface area contributed by atoms with Crippen LogP contribution in [0.4, 0.5) is 11.5 Å². The lowest BCUT2D eigenvalue weighted by molar-refractivity contribution is 0.102. The summed E-state index contributed by atoms with van der Waals surface area (Å²) in [4.78, 5) is 19.8. The predicted molar refractivity (Wildman–Crippen MR) is 75.3 cm³/mol. The number of nitrogens with zero attached hydrogens (tertiary/aromatic N) is 2. The Balaban J connectivity index is 2.28. The third-order valence-corrected chi connectivity index (χ3v) is 2.94. The van der Waals surface area contributed by atoms with Crippen LogP contribution in [0.5, 0.6) is 0 Å². The van der Waals surface area contributed by atoms with E-state index in [2.05, 4.69) is 15.3 Å². The van der Waals surface area contributed by atoms with Crippen molar-refractivity contribution in [2.45, 2.75) is 13.8 Å². The molecule has 0 aliphatic rings. The topological polar surface area (TPSA) is 80.9 Å². The average molecular weight is 277 g/mol. The van der Waals surface area contributed by atoms with E-state index < -0.39 is 0 Å². The number of nitrogens with two attached hydrogens (primary N) is 1. The summed E-state index contributed by atoms with van der Waals surface area (Å²) in [5.41, 5.74) is 8.70. The number of rotatable bonds is 2. The van der Waals surface area contributed by atoms with Crippen molar-refractivity contribution < 1.29 is 4.79 Å². The molecule has 1 heterocycles. The van der Waals surface area contributed by atoms with Gasteiger partial charge in [-0.2, -0.15) is 0 Å². The molecule has 19 heavy (non-hydrogen) atoms. The van der Waals surface area contributed by atoms with Gasteiger partial charge in [0.05, 0.1) is 0 Å². The normalized spacial score (nSPS) is 10.3. The zero-order chi connectivity index (χ0) is 14.0. The van der Waals surface area contributed by atoms with Gasteiger partial charge in [0.1, 0.15) is 17.3 Å². The summed E-state index contributed by atoms with van der Waals surface area (Å²) in [7, 11) is 0. The highest BCUT2D eigenvalue weighted by Crippen LogP contribution is 2.19. The highest BCUT2D eigenvalue weighted by atomic mass is 35.5. The average Bonchev–Trinajstić information content (AvgIpc) is 2.33. The minimum absolute atomic E-state index is 0.269. The van der Waals surface area contributed by atoms with Crippen molar-refractivity contribution in [2.24, 2.45) is 0 Å². The van der Waals surface area contributed by atoms with Gasteiger partial charge >= 0.3 is 0 Å². The third-order valence-electron chi connectivity index (χ3n) is 2.73. The number of amides is 1. The molecular weight excluding hydrogens is 264 g/mol. The number of hydrogen-bond donors (Lipinski definition) is 2. The van der Waals surface area contributed by atoms with Crippen LogP contribution in [0.1, 0.15) is 21.5 Å². The standard InChI is InChI=1S/C13H13ClN4O/c1-7-3-8(2)10(15)4-9(7)13(19)18-12-5-11(14)16-6-17-12/h3-6H,15H2,1-2H3,(H,16,17,18,19). The number of nitrogen functional groups attached to an aromatic ring is 1. The second kappa shape index (κ2) is 5.24. The maximum atomic E-state index is 12.1. The molecule has 0 saturated carbocycles. The summed E-state index contributed by atoms with van der Waals surface area (Å²) >= 11 is 5.73. The molecule has 0 aliphatic heterocycles. The zero-order valence-corrected chi connectivity index (χ0v) is 11.3. The first-order valence-electron chi connectivity index (χ1n) is 5.63. The summed E-state index contributed by atoms with van der Waals surface area (Å²) in [6, 6.07) is 5.01. The Morgan fingerprint density at radius 1 is 1.21 bits per heavy atom. The number of aryl methyl sites for hydroxylation is 2. The molecule has 98 valence electrons. The van der Waals surface area contributed by atoms with E-state index in [-0.39, 0.29) is 11.1 Å². The van der Waals surface area contributed by atoms with Crippen molar-refractivity contribution in [3.05, 3.63) is 46.4 Å². The lowest BCUT2D eigenvalue weighted by atomic mass is 10.0. The molecule has 0 radical (unpaired) electrons.